The lowest BCUT2D eigenvalue weighted by molar-refractivity contribution is -0.140. The van der Waals surface area contributed by atoms with Gasteiger partial charge in [0.05, 0.1) is 28.3 Å². The number of esters is 1. The van der Waals surface area contributed by atoms with E-state index in [4.69, 9.17) is 27.9 Å². The van der Waals surface area contributed by atoms with Crippen LogP contribution in [-0.2, 0) is 9.53 Å². The Morgan fingerprint density at radius 2 is 1.78 bits per heavy atom. The first-order chi connectivity index (χ1) is 17.1. The first kappa shape index (κ1) is 27.4. The molecule has 0 saturated heterocycles. The molecule has 4 amide bonds. The number of nitrogens with one attached hydrogen (secondary N) is 3. The highest BCUT2D eigenvalue weighted by Gasteiger charge is 2.36. The summed E-state index contributed by atoms with van der Waals surface area (Å²) in [6.07, 6.45) is 0.733. The highest BCUT2D eigenvalue weighted by Crippen LogP contribution is 2.33. The monoisotopic (exact) mass is 532 g/mol. The fraction of sp³-hybridized carbons (Fsp3) is 0.346. The molecule has 0 bridgehead atoms. The first-order valence-electron chi connectivity index (χ1n) is 11.7. The van der Waals surface area contributed by atoms with Crippen molar-refractivity contribution in [2.45, 2.75) is 40.2 Å². The maximum atomic E-state index is 13.1. The predicted octanol–water partition coefficient (Wildman–Crippen LogP) is 6.59. The van der Waals surface area contributed by atoms with Gasteiger partial charge in [-0.25, -0.2) is 14.4 Å². The lowest BCUT2D eigenvalue weighted by Crippen LogP contribution is -2.48. The highest BCUT2D eigenvalue weighted by molar-refractivity contribution is 6.42. The number of rotatable bonds is 8. The number of carbonyl (C=O) groups excluding carboxylic acids is 3. The molecule has 3 N–H and O–H groups in total. The van der Waals surface area contributed by atoms with Gasteiger partial charge in [-0.2, -0.15) is 0 Å². The Balaban J connectivity index is 1.86. The molecule has 2 aromatic carbocycles. The van der Waals surface area contributed by atoms with E-state index in [0.717, 1.165) is 6.42 Å². The van der Waals surface area contributed by atoms with Gasteiger partial charge in [-0.3, -0.25) is 4.90 Å². The van der Waals surface area contributed by atoms with Gasteiger partial charge in [0.15, 0.2) is 0 Å². The number of urea groups is 2. The molecule has 1 aliphatic heterocycles. The molecule has 2 aromatic rings. The fourth-order valence-corrected chi connectivity index (χ4v) is 4.07. The van der Waals surface area contributed by atoms with Crippen LogP contribution in [0.4, 0.5) is 21.0 Å². The smallest absolute Gasteiger partial charge is 0.338 e. The number of nitrogens with zero attached hydrogens (tertiary/aromatic N) is 1. The fourth-order valence-electron chi connectivity index (χ4n) is 3.77. The maximum absolute atomic E-state index is 13.1. The van der Waals surface area contributed by atoms with Crippen LogP contribution in [0.3, 0.4) is 0 Å². The third kappa shape index (κ3) is 6.71. The van der Waals surface area contributed by atoms with Crippen molar-refractivity contribution in [2.75, 3.05) is 23.8 Å². The molecule has 0 spiro atoms. The summed E-state index contributed by atoms with van der Waals surface area (Å²) in [6, 6.07) is 10.2. The first-order valence-corrected chi connectivity index (χ1v) is 12.4. The number of halogens is 2. The molecule has 192 valence electrons. The van der Waals surface area contributed by atoms with E-state index in [1.807, 2.05) is 20.8 Å². The number of allylic oxidation sites excluding steroid dienone is 1. The Morgan fingerprint density at radius 3 is 2.42 bits per heavy atom. The minimum atomic E-state index is -0.731. The SMILES string of the molecule is CCCN1C(=O)N[C@@H](c2cccc(NC(=O)Nc3ccc(Cl)c(Cl)c3)c2)C(C(=O)OCC(C)C)=C1C. The summed E-state index contributed by atoms with van der Waals surface area (Å²) in [5, 5.41) is 9.08. The molecule has 36 heavy (non-hydrogen) atoms. The van der Waals surface area contributed by atoms with Crippen molar-refractivity contribution < 1.29 is 19.1 Å². The van der Waals surface area contributed by atoms with Crippen LogP contribution < -0.4 is 16.0 Å². The molecule has 3 rings (SSSR count). The second-order valence-corrected chi connectivity index (χ2v) is 9.67. The summed E-state index contributed by atoms with van der Waals surface area (Å²) in [6.45, 7) is 8.36. The van der Waals surface area contributed by atoms with Crippen LogP contribution >= 0.6 is 23.2 Å². The summed E-state index contributed by atoms with van der Waals surface area (Å²) < 4.78 is 5.53. The van der Waals surface area contributed by atoms with Crippen molar-refractivity contribution in [2.24, 2.45) is 5.92 Å². The predicted molar refractivity (Wildman–Crippen MR) is 142 cm³/mol. The lowest BCUT2D eigenvalue weighted by atomic mass is 9.94. The Morgan fingerprint density at radius 1 is 1.08 bits per heavy atom. The average Bonchev–Trinajstić information content (AvgIpc) is 2.82. The summed E-state index contributed by atoms with van der Waals surface area (Å²) in [4.78, 5) is 40.1. The summed E-state index contributed by atoms with van der Waals surface area (Å²) in [5.41, 5.74) is 2.49. The second-order valence-electron chi connectivity index (χ2n) is 8.86. The molecule has 1 atom stereocenters. The number of amides is 4. The second kappa shape index (κ2) is 12.1. The molecule has 1 heterocycles. The molecule has 0 saturated carbocycles. The van der Waals surface area contributed by atoms with Gasteiger partial charge in [0.2, 0.25) is 0 Å². The number of ether oxygens (including phenoxy) is 1. The Hall–Kier alpha value is -3.23. The van der Waals surface area contributed by atoms with Gasteiger partial charge in [-0.1, -0.05) is 56.1 Å². The number of hydrogen-bond acceptors (Lipinski definition) is 4. The van der Waals surface area contributed by atoms with Crippen molar-refractivity contribution in [1.29, 1.82) is 0 Å². The van der Waals surface area contributed by atoms with Crippen LogP contribution in [0.2, 0.25) is 10.0 Å². The van der Waals surface area contributed by atoms with E-state index >= 15 is 0 Å². The van der Waals surface area contributed by atoms with Crippen LogP contribution in [0, 0.1) is 5.92 Å². The molecule has 0 aromatic heterocycles. The van der Waals surface area contributed by atoms with Gasteiger partial charge in [0.1, 0.15) is 0 Å². The molecule has 10 heteroatoms. The van der Waals surface area contributed by atoms with Gasteiger partial charge >= 0.3 is 18.0 Å². The van der Waals surface area contributed by atoms with Gasteiger partial charge in [-0.05, 0) is 55.2 Å². The quantitative estimate of drug-likeness (QED) is 0.334. The van der Waals surface area contributed by atoms with Gasteiger partial charge in [0.25, 0.3) is 0 Å². The highest BCUT2D eigenvalue weighted by atomic mass is 35.5. The standard InChI is InChI=1S/C26H30Cl2N4O4/c1-5-11-32-16(4)22(24(33)36-14-15(2)3)23(31-26(32)35)17-7-6-8-18(12-17)29-25(34)30-19-9-10-20(27)21(28)13-19/h6-10,12-13,15,23H,5,11,14H2,1-4H3,(H,31,35)(H2,29,30,34)/t23-/m0/s1. The molecule has 0 aliphatic carbocycles. The van der Waals surface area contributed by atoms with E-state index < -0.39 is 18.0 Å². The zero-order valence-corrected chi connectivity index (χ0v) is 22.2. The molecule has 8 nitrogen and oxygen atoms in total. The third-order valence-electron chi connectivity index (χ3n) is 5.47. The summed E-state index contributed by atoms with van der Waals surface area (Å²) >= 11 is 11.9. The van der Waals surface area contributed by atoms with E-state index in [1.54, 1.807) is 54.3 Å². The van der Waals surface area contributed by atoms with Crippen LogP contribution in [-0.4, -0.2) is 36.1 Å². The molecular formula is C26H30Cl2N4O4. The molecule has 0 fully saturated rings. The van der Waals surface area contributed by atoms with Crippen molar-refractivity contribution in [1.82, 2.24) is 10.2 Å². The van der Waals surface area contributed by atoms with Gasteiger partial charge < -0.3 is 20.7 Å². The molecule has 0 radical (unpaired) electrons. The van der Waals surface area contributed by atoms with Crippen LogP contribution in [0.1, 0.15) is 45.7 Å². The number of anilines is 2. The third-order valence-corrected chi connectivity index (χ3v) is 6.21. The Bertz CT molecular complexity index is 1180. The molecule has 1 aliphatic rings. The zero-order chi connectivity index (χ0) is 26.4. The van der Waals surface area contributed by atoms with E-state index in [9.17, 15) is 14.4 Å². The van der Waals surface area contributed by atoms with Crippen molar-refractivity contribution in [3.05, 3.63) is 69.3 Å². The van der Waals surface area contributed by atoms with E-state index in [-0.39, 0.29) is 18.6 Å². The van der Waals surface area contributed by atoms with Crippen LogP contribution in [0.25, 0.3) is 0 Å². The lowest BCUT2D eigenvalue weighted by Gasteiger charge is -2.35. The van der Waals surface area contributed by atoms with E-state index in [2.05, 4.69) is 16.0 Å². The summed E-state index contributed by atoms with van der Waals surface area (Å²) in [7, 11) is 0. The van der Waals surface area contributed by atoms with Crippen LogP contribution in [0.5, 0.6) is 0 Å². The normalized spacial score (nSPS) is 15.6. The zero-order valence-electron chi connectivity index (χ0n) is 20.7. The minimum Gasteiger partial charge on any atom is -0.462 e. The Labute approximate surface area is 221 Å². The van der Waals surface area contributed by atoms with E-state index in [0.29, 0.717) is 44.8 Å². The van der Waals surface area contributed by atoms with Crippen molar-refractivity contribution in [3.63, 3.8) is 0 Å². The van der Waals surface area contributed by atoms with Gasteiger partial charge in [0, 0.05) is 23.6 Å². The maximum Gasteiger partial charge on any atom is 0.338 e. The number of carbonyl (C=O) groups is 3. The van der Waals surface area contributed by atoms with Crippen LogP contribution in [0.15, 0.2) is 53.7 Å². The minimum absolute atomic E-state index is 0.166. The van der Waals surface area contributed by atoms with Crippen molar-refractivity contribution in [3.8, 4) is 0 Å². The number of benzene rings is 2. The Kier molecular flexibility index (Phi) is 9.23. The largest absolute Gasteiger partial charge is 0.462 e. The topological polar surface area (TPSA) is 99.8 Å². The number of hydrogen-bond donors (Lipinski definition) is 3. The summed E-state index contributed by atoms with van der Waals surface area (Å²) in [5.74, 6) is -0.317. The molecular weight excluding hydrogens is 503 g/mol. The van der Waals surface area contributed by atoms with Crippen molar-refractivity contribution >= 4 is 52.6 Å². The van der Waals surface area contributed by atoms with Gasteiger partial charge in [-0.15, -0.1) is 0 Å². The molecule has 0 unspecified atom stereocenters. The average molecular weight is 533 g/mol. The van der Waals surface area contributed by atoms with E-state index in [1.165, 1.54) is 0 Å².